The molecule has 0 fully saturated rings. The van der Waals surface area contributed by atoms with Gasteiger partial charge in [0.25, 0.3) is 0 Å². The fourth-order valence-electron chi connectivity index (χ4n) is 3.71. The molecule has 0 atom stereocenters. The highest BCUT2D eigenvalue weighted by molar-refractivity contribution is 5.72. The molecule has 4 rings (SSSR count). The number of aryl methyl sites for hydroxylation is 1. The molecule has 0 aliphatic rings. The molecule has 0 aromatic heterocycles. The van der Waals surface area contributed by atoms with Crippen molar-refractivity contribution in [1.82, 2.24) is 0 Å². The molecule has 0 saturated heterocycles. The van der Waals surface area contributed by atoms with Gasteiger partial charge < -0.3 is 9.47 Å². The molecular weight excluding hydrogens is 437 g/mol. The largest absolute Gasteiger partial charge is 0.491 e. The predicted molar refractivity (Wildman–Crippen MR) is 129 cm³/mol. The molecule has 0 spiro atoms. The standard InChI is InChI=1S/C29H25F3O2/c1-3-19-5-9-21(10-6-19)24-14-15-25(29(32)28(24)31)22-11-7-20(8-12-22)18-34-23-13-16-27(33-4-2)26(30)17-23/h5-17H,3-4,18H2,1-2H3. The smallest absolute Gasteiger partial charge is 0.168 e. The van der Waals surface area contributed by atoms with Gasteiger partial charge in [0, 0.05) is 17.2 Å². The number of benzene rings is 4. The maximum Gasteiger partial charge on any atom is 0.168 e. The topological polar surface area (TPSA) is 18.5 Å². The van der Waals surface area contributed by atoms with E-state index in [-0.39, 0.29) is 23.5 Å². The summed E-state index contributed by atoms with van der Waals surface area (Å²) in [7, 11) is 0. The molecule has 0 bridgehead atoms. The van der Waals surface area contributed by atoms with Crippen LogP contribution in [0.2, 0.25) is 0 Å². The molecule has 0 saturated carbocycles. The Bertz CT molecular complexity index is 1270. The minimum atomic E-state index is -0.883. The van der Waals surface area contributed by atoms with Crippen molar-refractivity contribution in [2.45, 2.75) is 26.9 Å². The number of rotatable bonds is 8. The SMILES string of the molecule is CCOc1ccc(OCc2ccc(-c3ccc(-c4ccc(CC)cc4)c(F)c3F)cc2)cc1F. The molecule has 0 heterocycles. The second-order valence-electron chi connectivity index (χ2n) is 7.85. The molecule has 174 valence electrons. The van der Waals surface area contributed by atoms with Gasteiger partial charge in [-0.3, -0.25) is 0 Å². The van der Waals surface area contributed by atoms with Crippen molar-refractivity contribution in [3.63, 3.8) is 0 Å². The number of hydrogen-bond acceptors (Lipinski definition) is 2. The first-order chi connectivity index (χ1) is 16.5. The van der Waals surface area contributed by atoms with Crippen LogP contribution >= 0.6 is 0 Å². The monoisotopic (exact) mass is 462 g/mol. The highest BCUT2D eigenvalue weighted by Crippen LogP contribution is 2.32. The van der Waals surface area contributed by atoms with Crippen LogP contribution in [0.15, 0.2) is 78.9 Å². The van der Waals surface area contributed by atoms with Crippen LogP contribution in [-0.4, -0.2) is 6.61 Å². The van der Waals surface area contributed by atoms with Crippen LogP contribution in [0.5, 0.6) is 11.5 Å². The molecule has 0 N–H and O–H groups in total. The first kappa shape index (κ1) is 23.4. The highest BCUT2D eigenvalue weighted by atomic mass is 19.2. The summed E-state index contributed by atoms with van der Waals surface area (Å²) in [4.78, 5) is 0. The zero-order valence-electron chi connectivity index (χ0n) is 19.1. The lowest BCUT2D eigenvalue weighted by Crippen LogP contribution is -1.98. The average Bonchev–Trinajstić information content (AvgIpc) is 2.86. The summed E-state index contributed by atoms with van der Waals surface area (Å²) >= 11 is 0. The number of hydrogen-bond donors (Lipinski definition) is 0. The molecule has 4 aromatic rings. The first-order valence-corrected chi connectivity index (χ1v) is 11.2. The molecule has 0 radical (unpaired) electrons. The molecule has 0 amide bonds. The van der Waals surface area contributed by atoms with Gasteiger partial charge in [0.1, 0.15) is 12.4 Å². The van der Waals surface area contributed by atoms with Gasteiger partial charge in [-0.2, -0.15) is 0 Å². The van der Waals surface area contributed by atoms with E-state index in [2.05, 4.69) is 0 Å². The van der Waals surface area contributed by atoms with E-state index in [9.17, 15) is 13.2 Å². The summed E-state index contributed by atoms with van der Waals surface area (Å²) in [6.07, 6.45) is 0.883. The minimum Gasteiger partial charge on any atom is -0.491 e. The Hall–Kier alpha value is -3.73. The van der Waals surface area contributed by atoms with Crippen molar-refractivity contribution >= 4 is 0 Å². The zero-order valence-corrected chi connectivity index (χ0v) is 19.1. The van der Waals surface area contributed by atoms with Gasteiger partial charge in [0.2, 0.25) is 0 Å². The van der Waals surface area contributed by atoms with Gasteiger partial charge >= 0.3 is 0 Å². The summed E-state index contributed by atoms with van der Waals surface area (Å²) in [6, 6.07) is 22.1. The van der Waals surface area contributed by atoms with Crippen LogP contribution in [0.25, 0.3) is 22.3 Å². The van der Waals surface area contributed by atoms with Gasteiger partial charge in [-0.05, 0) is 47.7 Å². The van der Waals surface area contributed by atoms with Crippen LogP contribution in [0.3, 0.4) is 0 Å². The summed E-state index contributed by atoms with van der Waals surface area (Å²) in [6.45, 7) is 4.41. The van der Waals surface area contributed by atoms with E-state index < -0.39 is 17.5 Å². The van der Waals surface area contributed by atoms with Gasteiger partial charge in [-0.1, -0.05) is 67.6 Å². The Labute approximate surface area is 197 Å². The van der Waals surface area contributed by atoms with Gasteiger partial charge in [0.15, 0.2) is 23.2 Å². The third-order valence-corrected chi connectivity index (χ3v) is 5.63. The number of ether oxygens (including phenoxy) is 2. The summed E-state index contributed by atoms with van der Waals surface area (Å²) in [5, 5.41) is 0. The number of halogens is 3. The quantitative estimate of drug-likeness (QED) is 0.264. The molecule has 34 heavy (non-hydrogen) atoms. The van der Waals surface area contributed by atoms with Crippen LogP contribution in [-0.2, 0) is 13.0 Å². The van der Waals surface area contributed by atoms with E-state index in [1.165, 1.54) is 12.1 Å². The normalized spacial score (nSPS) is 10.9. The van der Waals surface area contributed by atoms with Crippen molar-refractivity contribution in [3.05, 3.63) is 107 Å². The minimum absolute atomic E-state index is 0.178. The lowest BCUT2D eigenvalue weighted by atomic mass is 9.97. The Morgan fingerprint density at radius 1 is 0.618 bits per heavy atom. The summed E-state index contributed by atoms with van der Waals surface area (Å²) in [5.41, 5.74) is 3.56. The second kappa shape index (κ2) is 10.5. The van der Waals surface area contributed by atoms with E-state index in [4.69, 9.17) is 9.47 Å². The molecular formula is C29H25F3O2. The van der Waals surface area contributed by atoms with Crippen molar-refractivity contribution in [2.24, 2.45) is 0 Å². The second-order valence-corrected chi connectivity index (χ2v) is 7.85. The third kappa shape index (κ3) is 5.09. The maximum atomic E-state index is 14.9. The van der Waals surface area contributed by atoms with E-state index in [0.717, 1.165) is 17.5 Å². The zero-order chi connectivity index (χ0) is 24.1. The summed E-state index contributed by atoms with van der Waals surface area (Å²) in [5.74, 6) is -1.69. The molecule has 0 unspecified atom stereocenters. The van der Waals surface area contributed by atoms with E-state index in [0.29, 0.717) is 23.5 Å². The third-order valence-electron chi connectivity index (χ3n) is 5.63. The predicted octanol–water partition coefficient (Wildman–Crippen LogP) is 7.98. The molecule has 0 aliphatic carbocycles. The Balaban J connectivity index is 1.48. The molecule has 4 aromatic carbocycles. The molecule has 5 heteroatoms. The van der Waals surface area contributed by atoms with Crippen molar-refractivity contribution in [3.8, 4) is 33.8 Å². The van der Waals surface area contributed by atoms with Crippen molar-refractivity contribution < 1.29 is 22.6 Å². The maximum absolute atomic E-state index is 14.9. The Morgan fingerprint density at radius 2 is 1.18 bits per heavy atom. The fourth-order valence-corrected chi connectivity index (χ4v) is 3.71. The van der Waals surface area contributed by atoms with Crippen molar-refractivity contribution in [1.29, 1.82) is 0 Å². The Morgan fingerprint density at radius 3 is 1.68 bits per heavy atom. The van der Waals surface area contributed by atoms with Gasteiger partial charge in [0.05, 0.1) is 6.61 Å². The molecule has 2 nitrogen and oxygen atoms in total. The van der Waals surface area contributed by atoms with Crippen LogP contribution in [0.4, 0.5) is 13.2 Å². The first-order valence-electron chi connectivity index (χ1n) is 11.2. The average molecular weight is 463 g/mol. The lowest BCUT2D eigenvalue weighted by Gasteiger charge is -2.11. The van der Waals surface area contributed by atoms with Gasteiger partial charge in [-0.15, -0.1) is 0 Å². The van der Waals surface area contributed by atoms with Crippen LogP contribution in [0.1, 0.15) is 25.0 Å². The van der Waals surface area contributed by atoms with Crippen LogP contribution in [0, 0.1) is 17.5 Å². The highest BCUT2D eigenvalue weighted by Gasteiger charge is 2.16. The summed E-state index contributed by atoms with van der Waals surface area (Å²) < 4.78 is 54.6. The van der Waals surface area contributed by atoms with Gasteiger partial charge in [-0.25, -0.2) is 13.2 Å². The van der Waals surface area contributed by atoms with Crippen molar-refractivity contribution in [2.75, 3.05) is 6.61 Å². The van der Waals surface area contributed by atoms with E-state index >= 15 is 0 Å². The van der Waals surface area contributed by atoms with E-state index in [1.807, 2.05) is 19.1 Å². The lowest BCUT2D eigenvalue weighted by molar-refractivity contribution is 0.297. The van der Waals surface area contributed by atoms with Crippen LogP contribution < -0.4 is 9.47 Å². The van der Waals surface area contributed by atoms with E-state index in [1.54, 1.807) is 61.5 Å². The Kier molecular flexibility index (Phi) is 7.21. The molecule has 0 aliphatic heterocycles. The fraction of sp³-hybridized carbons (Fsp3) is 0.172.